The Hall–Kier alpha value is -1.63. The summed E-state index contributed by atoms with van der Waals surface area (Å²) in [7, 11) is 0. The zero-order valence-corrected chi connectivity index (χ0v) is 12.7. The molecule has 0 saturated carbocycles. The molecule has 1 saturated heterocycles. The van der Waals surface area contributed by atoms with Crippen LogP contribution in [0.2, 0.25) is 0 Å². The molecule has 2 amide bonds. The third-order valence-corrected chi connectivity index (χ3v) is 4.79. The van der Waals surface area contributed by atoms with Gasteiger partial charge in [0.2, 0.25) is 0 Å². The fourth-order valence-electron chi connectivity index (χ4n) is 2.41. The highest BCUT2D eigenvalue weighted by Crippen LogP contribution is 2.30. The predicted molar refractivity (Wildman–Crippen MR) is 75.8 cm³/mol. The summed E-state index contributed by atoms with van der Waals surface area (Å²) in [5.74, 6) is -0.956. The zero-order valence-electron chi connectivity index (χ0n) is 11.8. The Balaban J connectivity index is 2.06. The van der Waals surface area contributed by atoms with Crippen molar-refractivity contribution in [3.05, 3.63) is 16.1 Å². The molecule has 1 aromatic heterocycles. The lowest BCUT2D eigenvalue weighted by atomic mass is 10.00. The molecule has 0 aliphatic carbocycles. The third-order valence-electron chi connectivity index (χ3n) is 3.70. The number of aryl methyl sites for hydroxylation is 1. The smallest absolute Gasteiger partial charge is 0.329 e. The van der Waals surface area contributed by atoms with Gasteiger partial charge in [0.1, 0.15) is 10.5 Å². The molecule has 0 aromatic carbocycles. The van der Waals surface area contributed by atoms with E-state index in [0.29, 0.717) is 19.4 Å². The van der Waals surface area contributed by atoms with E-state index in [4.69, 9.17) is 0 Å². The molecule has 2 unspecified atom stereocenters. The molecule has 2 atom stereocenters. The van der Waals surface area contributed by atoms with Crippen LogP contribution in [0.25, 0.3) is 0 Å². The molecular weight excluding hydrogens is 278 g/mol. The summed E-state index contributed by atoms with van der Waals surface area (Å²) in [6, 6.07) is -0.562. The Morgan fingerprint density at radius 1 is 1.60 bits per heavy atom. The van der Waals surface area contributed by atoms with Gasteiger partial charge in [0.15, 0.2) is 0 Å². The summed E-state index contributed by atoms with van der Waals surface area (Å²) in [6.07, 6.45) is 2.96. The second-order valence-electron chi connectivity index (χ2n) is 5.31. The number of likely N-dealkylation sites (tertiary alicyclic amines) is 1. The number of hydrogen-bond acceptors (Lipinski definition) is 4. The van der Waals surface area contributed by atoms with E-state index >= 15 is 0 Å². The lowest BCUT2D eigenvalue weighted by Gasteiger charge is -2.32. The maximum atomic E-state index is 12.3. The van der Waals surface area contributed by atoms with Gasteiger partial charge >= 0.3 is 12.0 Å². The molecule has 2 heterocycles. The van der Waals surface area contributed by atoms with Crippen molar-refractivity contribution in [2.45, 2.75) is 45.2 Å². The minimum Gasteiger partial charge on any atom is -0.480 e. The summed E-state index contributed by atoms with van der Waals surface area (Å²) in [5, 5.41) is 13.0. The van der Waals surface area contributed by atoms with Gasteiger partial charge in [0.05, 0.1) is 6.04 Å². The average molecular weight is 297 g/mol. The SMILES string of the molecule is Cc1cnc(C(C)NC(=O)N2CCCC2(C)C(=O)O)s1. The van der Waals surface area contributed by atoms with Crippen LogP contribution in [-0.4, -0.2) is 39.1 Å². The first-order valence-electron chi connectivity index (χ1n) is 6.58. The van der Waals surface area contributed by atoms with Crippen LogP contribution in [0.3, 0.4) is 0 Å². The van der Waals surface area contributed by atoms with Gasteiger partial charge in [-0.3, -0.25) is 0 Å². The van der Waals surface area contributed by atoms with Crippen LogP contribution < -0.4 is 5.32 Å². The summed E-state index contributed by atoms with van der Waals surface area (Å²) < 4.78 is 0. The number of thiazole rings is 1. The minimum absolute atomic E-state index is 0.222. The van der Waals surface area contributed by atoms with Crippen molar-refractivity contribution >= 4 is 23.3 Å². The highest BCUT2D eigenvalue weighted by Gasteiger charge is 2.46. The van der Waals surface area contributed by atoms with Gasteiger partial charge in [0.25, 0.3) is 0 Å². The van der Waals surface area contributed by atoms with Gasteiger partial charge in [0, 0.05) is 17.6 Å². The Kier molecular flexibility index (Phi) is 3.99. The molecule has 110 valence electrons. The number of aliphatic carboxylic acids is 1. The Morgan fingerprint density at radius 2 is 2.30 bits per heavy atom. The summed E-state index contributed by atoms with van der Waals surface area (Å²) in [4.78, 5) is 30.4. The van der Waals surface area contributed by atoms with Crippen molar-refractivity contribution in [2.75, 3.05) is 6.54 Å². The van der Waals surface area contributed by atoms with E-state index in [-0.39, 0.29) is 12.1 Å². The van der Waals surface area contributed by atoms with E-state index in [9.17, 15) is 14.7 Å². The first-order valence-corrected chi connectivity index (χ1v) is 7.40. The number of carboxylic acids is 1. The van der Waals surface area contributed by atoms with E-state index < -0.39 is 11.5 Å². The Bertz CT molecular complexity index is 531. The number of hydrogen-bond donors (Lipinski definition) is 2. The molecular formula is C13H19N3O3S. The van der Waals surface area contributed by atoms with Crippen LogP contribution in [0.15, 0.2) is 6.20 Å². The number of carbonyl (C=O) groups is 2. The van der Waals surface area contributed by atoms with Crippen molar-refractivity contribution in [1.82, 2.24) is 15.2 Å². The molecule has 1 aromatic rings. The number of carboxylic acid groups (broad SMARTS) is 1. The van der Waals surface area contributed by atoms with E-state index in [0.717, 1.165) is 9.88 Å². The molecule has 20 heavy (non-hydrogen) atoms. The first-order chi connectivity index (χ1) is 9.34. The topological polar surface area (TPSA) is 82.5 Å². The van der Waals surface area contributed by atoms with E-state index in [1.54, 1.807) is 13.1 Å². The number of carbonyl (C=O) groups excluding carboxylic acids is 1. The van der Waals surface area contributed by atoms with Crippen molar-refractivity contribution in [3.8, 4) is 0 Å². The van der Waals surface area contributed by atoms with Gasteiger partial charge in [-0.05, 0) is 33.6 Å². The second-order valence-corrected chi connectivity index (χ2v) is 6.58. The molecule has 6 nitrogen and oxygen atoms in total. The normalized spacial score (nSPS) is 23.6. The fraction of sp³-hybridized carbons (Fsp3) is 0.615. The van der Waals surface area contributed by atoms with E-state index in [1.807, 2.05) is 13.8 Å². The lowest BCUT2D eigenvalue weighted by molar-refractivity contribution is -0.147. The van der Waals surface area contributed by atoms with Crippen molar-refractivity contribution in [3.63, 3.8) is 0 Å². The molecule has 7 heteroatoms. The second kappa shape index (κ2) is 5.40. The predicted octanol–water partition coefficient (Wildman–Crippen LogP) is 2.16. The van der Waals surface area contributed by atoms with Crippen LogP contribution >= 0.6 is 11.3 Å². The number of urea groups is 1. The van der Waals surface area contributed by atoms with Crippen molar-refractivity contribution < 1.29 is 14.7 Å². The molecule has 1 fully saturated rings. The van der Waals surface area contributed by atoms with Crippen molar-refractivity contribution in [2.24, 2.45) is 0 Å². The Morgan fingerprint density at radius 3 is 2.85 bits per heavy atom. The van der Waals surface area contributed by atoms with Crippen molar-refractivity contribution in [1.29, 1.82) is 0 Å². The average Bonchev–Trinajstić information content (AvgIpc) is 2.96. The maximum absolute atomic E-state index is 12.3. The van der Waals surface area contributed by atoms with Gasteiger partial charge in [-0.1, -0.05) is 0 Å². The lowest BCUT2D eigenvalue weighted by Crippen LogP contribution is -2.54. The number of amides is 2. The standard InChI is InChI=1S/C13H19N3O3S/c1-8-7-14-10(20-8)9(2)15-12(19)16-6-4-5-13(16,3)11(17)18/h7,9H,4-6H2,1-3H3,(H,15,19)(H,17,18). The molecule has 0 spiro atoms. The molecule has 0 radical (unpaired) electrons. The monoisotopic (exact) mass is 297 g/mol. The minimum atomic E-state index is -1.11. The van der Waals surface area contributed by atoms with Crippen LogP contribution in [0, 0.1) is 6.92 Å². The number of aromatic nitrogens is 1. The summed E-state index contributed by atoms with van der Waals surface area (Å²) in [5.41, 5.74) is -1.11. The van der Waals surface area contributed by atoms with E-state index in [1.165, 1.54) is 16.2 Å². The number of rotatable bonds is 3. The van der Waals surface area contributed by atoms with Gasteiger partial charge in [-0.15, -0.1) is 11.3 Å². The molecule has 2 N–H and O–H groups in total. The maximum Gasteiger partial charge on any atom is 0.329 e. The summed E-state index contributed by atoms with van der Waals surface area (Å²) >= 11 is 1.53. The molecule has 2 rings (SSSR count). The zero-order chi connectivity index (χ0) is 14.9. The van der Waals surface area contributed by atoms with Crippen LogP contribution in [0.4, 0.5) is 4.79 Å². The quantitative estimate of drug-likeness (QED) is 0.895. The fourth-order valence-corrected chi connectivity index (χ4v) is 3.18. The van der Waals surface area contributed by atoms with Gasteiger partial charge in [-0.2, -0.15) is 0 Å². The van der Waals surface area contributed by atoms with Crippen LogP contribution in [0.5, 0.6) is 0 Å². The first kappa shape index (κ1) is 14.8. The number of nitrogens with zero attached hydrogens (tertiary/aromatic N) is 2. The highest BCUT2D eigenvalue weighted by molar-refractivity contribution is 7.11. The highest BCUT2D eigenvalue weighted by atomic mass is 32.1. The molecule has 1 aliphatic rings. The molecule has 1 aliphatic heterocycles. The summed E-state index contributed by atoms with van der Waals surface area (Å²) in [6.45, 7) is 5.88. The van der Waals surface area contributed by atoms with Crippen LogP contribution in [-0.2, 0) is 4.79 Å². The van der Waals surface area contributed by atoms with Gasteiger partial charge < -0.3 is 15.3 Å². The van der Waals surface area contributed by atoms with E-state index in [2.05, 4.69) is 10.3 Å². The number of nitrogens with one attached hydrogen (secondary N) is 1. The molecule has 0 bridgehead atoms. The Labute approximate surface area is 121 Å². The largest absolute Gasteiger partial charge is 0.480 e. The van der Waals surface area contributed by atoms with Gasteiger partial charge in [-0.25, -0.2) is 14.6 Å². The third kappa shape index (κ3) is 2.63. The van der Waals surface area contributed by atoms with Crippen LogP contribution in [0.1, 0.15) is 42.6 Å².